The van der Waals surface area contributed by atoms with E-state index in [9.17, 15) is 18.3 Å². The Balaban J connectivity index is 2.42. The zero-order valence-electron chi connectivity index (χ0n) is 12.0. The van der Waals surface area contributed by atoms with E-state index in [-0.39, 0.29) is 21.9 Å². The van der Waals surface area contributed by atoms with Crippen LogP contribution in [0.5, 0.6) is 5.75 Å². The molecule has 0 bridgehead atoms. The van der Waals surface area contributed by atoms with Crippen molar-refractivity contribution in [3.63, 3.8) is 0 Å². The molecule has 2 rings (SSSR count). The number of hydrogen-bond acceptors (Lipinski definition) is 5. The molecule has 0 saturated carbocycles. The summed E-state index contributed by atoms with van der Waals surface area (Å²) in [7, 11) is -2.53. The lowest BCUT2D eigenvalue weighted by atomic mass is 10.2. The van der Waals surface area contributed by atoms with Gasteiger partial charge in [-0.15, -0.1) is 0 Å². The first-order valence-electron chi connectivity index (χ1n) is 6.32. The van der Waals surface area contributed by atoms with Crippen molar-refractivity contribution >= 4 is 21.7 Å². The van der Waals surface area contributed by atoms with Gasteiger partial charge in [-0.05, 0) is 42.3 Å². The molecule has 2 aromatic rings. The fourth-order valence-corrected chi connectivity index (χ4v) is 3.22. The van der Waals surface area contributed by atoms with Gasteiger partial charge in [-0.2, -0.15) is 0 Å². The molecule has 0 aliphatic heterocycles. The normalized spacial score (nSPS) is 11.0. The van der Waals surface area contributed by atoms with Gasteiger partial charge in [0.15, 0.2) is 0 Å². The predicted molar refractivity (Wildman–Crippen MR) is 79.3 cm³/mol. The number of benzene rings is 2. The number of methoxy groups -OCH3 is 1. The minimum Gasteiger partial charge on any atom is -0.545 e. The number of ether oxygens (including phenoxy) is 1. The van der Waals surface area contributed by atoms with E-state index in [4.69, 9.17) is 4.74 Å². The zero-order chi connectivity index (χ0) is 16.3. The summed E-state index contributed by atoms with van der Waals surface area (Å²) in [5.41, 5.74) is 0.770. The van der Waals surface area contributed by atoms with Crippen molar-refractivity contribution in [2.75, 3.05) is 11.8 Å². The third kappa shape index (κ3) is 3.37. The highest BCUT2D eigenvalue weighted by Crippen LogP contribution is 2.26. The van der Waals surface area contributed by atoms with Crippen molar-refractivity contribution in [1.82, 2.24) is 0 Å². The van der Waals surface area contributed by atoms with E-state index in [1.807, 2.05) is 0 Å². The molecule has 0 spiro atoms. The van der Waals surface area contributed by atoms with Gasteiger partial charge in [0, 0.05) is 5.69 Å². The lowest BCUT2D eigenvalue weighted by Gasteiger charge is -2.13. The van der Waals surface area contributed by atoms with Gasteiger partial charge in [0.1, 0.15) is 10.6 Å². The number of carboxylic acids is 1. The number of aromatic carboxylic acids is 1. The number of carbonyl (C=O) groups excluding carboxylic acids is 1. The third-order valence-corrected chi connectivity index (χ3v) is 4.36. The summed E-state index contributed by atoms with van der Waals surface area (Å²) in [5.74, 6) is -1.18. The van der Waals surface area contributed by atoms with Crippen LogP contribution in [0.4, 0.5) is 5.69 Å². The Kier molecular flexibility index (Phi) is 4.37. The topological polar surface area (TPSA) is 95.5 Å². The van der Waals surface area contributed by atoms with Crippen LogP contribution in [0.15, 0.2) is 47.4 Å². The Labute approximate surface area is 128 Å². The van der Waals surface area contributed by atoms with E-state index < -0.39 is 16.0 Å². The van der Waals surface area contributed by atoms with Gasteiger partial charge in [0.2, 0.25) is 0 Å². The van der Waals surface area contributed by atoms with Crippen LogP contribution < -0.4 is 14.6 Å². The fraction of sp³-hybridized carbons (Fsp3) is 0.133. The Morgan fingerprint density at radius 1 is 1.18 bits per heavy atom. The van der Waals surface area contributed by atoms with Crippen LogP contribution in [0.2, 0.25) is 0 Å². The van der Waals surface area contributed by atoms with E-state index in [1.165, 1.54) is 37.4 Å². The fourth-order valence-electron chi connectivity index (χ4n) is 1.91. The van der Waals surface area contributed by atoms with Gasteiger partial charge < -0.3 is 14.6 Å². The Morgan fingerprint density at radius 2 is 1.91 bits per heavy atom. The minimum atomic E-state index is -3.91. The number of rotatable bonds is 5. The van der Waals surface area contributed by atoms with Crippen LogP contribution in [0.1, 0.15) is 15.9 Å². The number of hydrogen-bond donors (Lipinski definition) is 1. The van der Waals surface area contributed by atoms with E-state index in [1.54, 1.807) is 19.1 Å². The molecule has 0 radical (unpaired) electrons. The largest absolute Gasteiger partial charge is 0.545 e. The quantitative estimate of drug-likeness (QED) is 0.892. The van der Waals surface area contributed by atoms with Crippen LogP contribution >= 0.6 is 0 Å². The molecule has 6 nitrogen and oxygen atoms in total. The number of nitrogens with one attached hydrogen (secondary N) is 1. The second-order valence-electron chi connectivity index (χ2n) is 4.63. The Morgan fingerprint density at radius 3 is 2.55 bits per heavy atom. The number of aryl methyl sites for hydroxylation is 1. The molecule has 0 amide bonds. The molecule has 1 N–H and O–H groups in total. The number of carbonyl (C=O) groups is 1. The highest BCUT2D eigenvalue weighted by atomic mass is 32.2. The average molecular weight is 320 g/mol. The number of anilines is 1. The van der Waals surface area contributed by atoms with Crippen molar-refractivity contribution in [2.45, 2.75) is 11.8 Å². The van der Waals surface area contributed by atoms with Crippen molar-refractivity contribution in [3.8, 4) is 5.75 Å². The maximum absolute atomic E-state index is 12.5. The smallest absolute Gasteiger partial charge is 0.265 e. The Hall–Kier alpha value is -2.54. The van der Waals surface area contributed by atoms with Gasteiger partial charge in [0.05, 0.1) is 13.1 Å². The molecule has 0 unspecified atom stereocenters. The molecule has 0 aliphatic rings. The first kappa shape index (κ1) is 15.8. The Bertz CT molecular complexity index is 814. The standard InChI is InChI=1S/C15H15NO5S/c1-10-6-7-13(21-2)14(8-10)22(19,20)16-12-5-3-4-11(9-12)15(17)18/h3-9,16H,1-2H3,(H,17,18)/p-1. The second kappa shape index (κ2) is 6.07. The SMILES string of the molecule is COc1ccc(C)cc1S(=O)(=O)Nc1cccc(C(=O)[O-])c1. The molecule has 0 fully saturated rings. The van der Waals surface area contributed by atoms with Crippen molar-refractivity contribution in [2.24, 2.45) is 0 Å². The van der Waals surface area contributed by atoms with Gasteiger partial charge in [0.25, 0.3) is 10.0 Å². The lowest BCUT2D eigenvalue weighted by molar-refractivity contribution is -0.255. The molecular formula is C15H14NO5S-. The van der Waals surface area contributed by atoms with Gasteiger partial charge in [-0.25, -0.2) is 8.42 Å². The molecule has 22 heavy (non-hydrogen) atoms. The molecule has 0 atom stereocenters. The molecule has 2 aromatic carbocycles. The summed E-state index contributed by atoms with van der Waals surface area (Å²) in [6, 6.07) is 10.2. The van der Waals surface area contributed by atoms with Gasteiger partial charge >= 0.3 is 0 Å². The molecule has 7 heteroatoms. The minimum absolute atomic E-state index is 0.0196. The van der Waals surface area contributed by atoms with Crippen LogP contribution in [-0.2, 0) is 10.0 Å². The summed E-state index contributed by atoms with van der Waals surface area (Å²) in [6.45, 7) is 1.76. The van der Waals surface area contributed by atoms with Crippen LogP contribution in [0, 0.1) is 6.92 Å². The summed E-state index contributed by atoms with van der Waals surface area (Å²) in [4.78, 5) is 10.8. The van der Waals surface area contributed by atoms with Crippen molar-refractivity contribution in [3.05, 3.63) is 53.6 Å². The van der Waals surface area contributed by atoms with Crippen molar-refractivity contribution < 1.29 is 23.1 Å². The maximum Gasteiger partial charge on any atom is 0.265 e. The number of sulfonamides is 1. The first-order valence-corrected chi connectivity index (χ1v) is 7.80. The molecular weight excluding hydrogens is 306 g/mol. The van der Waals surface area contributed by atoms with Crippen LogP contribution in [-0.4, -0.2) is 21.5 Å². The van der Waals surface area contributed by atoms with E-state index in [2.05, 4.69) is 4.72 Å². The first-order chi connectivity index (χ1) is 10.3. The third-order valence-electron chi connectivity index (χ3n) is 2.96. The summed E-state index contributed by atoms with van der Waals surface area (Å²) in [6.07, 6.45) is 0. The average Bonchev–Trinajstić information content (AvgIpc) is 2.47. The summed E-state index contributed by atoms with van der Waals surface area (Å²) >= 11 is 0. The lowest BCUT2D eigenvalue weighted by Crippen LogP contribution is -2.22. The van der Waals surface area contributed by atoms with Gasteiger partial charge in [-0.3, -0.25) is 4.72 Å². The highest BCUT2D eigenvalue weighted by molar-refractivity contribution is 7.92. The summed E-state index contributed by atoms with van der Waals surface area (Å²) in [5, 5.41) is 10.8. The van der Waals surface area contributed by atoms with E-state index in [0.717, 1.165) is 5.56 Å². The monoisotopic (exact) mass is 320 g/mol. The molecule has 0 aromatic heterocycles. The molecule has 0 heterocycles. The summed E-state index contributed by atoms with van der Waals surface area (Å²) < 4.78 is 32.3. The van der Waals surface area contributed by atoms with E-state index in [0.29, 0.717) is 0 Å². The van der Waals surface area contributed by atoms with E-state index >= 15 is 0 Å². The molecule has 116 valence electrons. The van der Waals surface area contributed by atoms with Crippen molar-refractivity contribution in [1.29, 1.82) is 0 Å². The molecule has 0 aliphatic carbocycles. The van der Waals surface area contributed by atoms with Crippen LogP contribution in [0.3, 0.4) is 0 Å². The zero-order valence-corrected chi connectivity index (χ0v) is 12.8. The number of carboxylic acid groups (broad SMARTS) is 1. The molecule has 0 saturated heterocycles. The second-order valence-corrected chi connectivity index (χ2v) is 6.28. The highest BCUT2D eigenvalue weighted by Gasteiger charge is 2.20. The maximum atomic E-state index is 12.5. The van der Waals surface area contributed by atoms with Gasteiger partial charge in [-0.1, -0.05) is 18.2 Å². The predicted octanol–water partition coefficient (Wildman–Crippen LogP) is 1.17. The van der Waals surface area contributed by atoms with Crippen LogP contribution in [0.25, 0.3) is 0 Å².